The number of hydrogen-bond acceptors (Lipinski definition) is 3. The molecular weight excluding hydrogens is 286 g/mol. The van der Waals surface area contributed by atoms with Gasteiger partial charge in [0.25, 0.3) is 0 Å². The third kappa shape index (κ3) is 3.90. The Hall–Kier alpha value is -1.71. The molecule has 0 saturated heterocycles. The molecule has 3 nitrogen and oxygen atoms in total. The molecule has 2 N–H and O–H groups in total. The third-order valence-electron chi connectivity index (χ3n) is 3.09. The van der Waals surface area contributed by atoms with Gasteiger partial charge in [0.1, 0.15) is 6.10 Å². The van der Waals surface area contributed by atoms with Crippen LogP contribution in [-0.4, -0.2) is 12.6 Å². The van der Waals surface area contributed by atoms with Crippen molar-refractivity contribution >= 4 is 11.6 Å². The molecule has 2 aromatic rings. The number of hydrogen-bond donors (Lipinski definition) is 1. The van der Waals surface area contributed by atoms with Crippen molar-refractivity contribution in [3.63, 3.8) is 0 Å². The summed E-state index contributed by atoms with van der Waals surface area (Å²) in [5.74, 6) is 1.37. The number of ether oxygens (including phenoxy) is 2. The van der Waals surface area contributed by atoms with Crippen LogP contribution in [0.1, 0.15) is 25.5 Å². The van der Waals surface area contributed by atoms with Crippen LogP contribution in [0.15, 0.2) is 48.5 Å². The van der Waals surface area contributed by atoms with Gasteiger partial charge < -0.3 is 15.2 Å². The molecule has 2 aromatic carbocycles. The summed E-state index contributed by atoms with van der Waals surface area (Å²) in [6, 6.07) is 14.9. The number of nitrogens with two attached hydrogens (primary N) is 1. The van der Waals surface area contributed by atoms with Gasteiger partial charge in [0.05, 0.1) is 6.61 Å². The predicted molar refractivity (Wildman–Crippen MR) is 86.1 cm³/mol. The first-order chi connectivity index (χ1) is 10.1. The van der Waals surface area contributed by atoms with E-state index in [1.54, 1.807) is 0 Å². The average Bonchev–Trinajstić information content (AvgIpc) is 2.47. The molecule has 21 heavy (non-hydrogen) atoms. The summed E-state index contributed by atoms with van der Waals surface area (Å²) in [4.78, 5) is 0. The maximum absolute atomic E-state index is 6.26. The second kappa shape index (κ2) is 7.34. The van der Waals surface area contributed by atoms with Crippen molar-refractivity contribution < 1.29 is 9.47 Å². The predicted octanol–water partition coefficient (Wildman–Crippen LogP) is 4.21. The Kier molecular flexibility index (Phi) is 5.48. The highest BCUT2D eigenvalue weighted by Gasteiger charge is 2.22. The van der Waals surface area contributed by atoms with Crippen LogP contribution in [-0.2, 0) is 0 Å². The van der Waals surface area contributed by atoms with E-state index >= 15 is 0 Å². The second-order valence-electron chi connectivity index (χ2n) is 4.80. The summed E-state index contributed by atoms with van der Waals surface area (Å²) >= 11 is 6.26. The lowest BCUT2D eigenvalue weighted by atomic mass is 10.0. The van der Waals surface area contributed by atoms with Gasteiger partial charge in [-0.3, -0.25) is 0 Å². The van der Waals surface area contributed by atoms with E-state index in [1.165, 1.54) is 0 Å². The van der Waals surface area contributed by atoms with Crippen LogP contribution >= 0.6 is 11.6 Å². The maximum Gasteiger partial charge on any atom is 0.162 e. The lowest BCUT2D eigenvalue weighted by Gasteiger charge is -2.25. The Labute approximate surface area is 130 Å². The third-order valence-corrected chi connectivity index (χ3v) is 3.44. The van der Waals surface area contributed by atoms with E-state index < -0.39 is 0 Å². The molecule has 0 aliphatic heterocycles. The molecule has 2 atom stereocenters. The highest BCUT2D eigenvalue weighted by molar-refractivity contribution is 6.31. The normalized spacial score (nSPS) is 13.5. The molecule has 0 aliphatic rings. The van der Waals surface area contributed by atoms with Crippen LogP contribution in [0.2, 0.25) is 5.02 Å². The second-order valence-corrected chi connectivity index (χ2v) is 5.21. The van der Waals surface area contributed by atoms with Gasteiger partial charge >= 0.3 is 0 Å². The van der Waals surface area contributed by atoms with Gasteiger partial charge in [-0.2, -0.15) is 0 Å². The van der Waals surface area contributed by atoms with Crippen molar-refractivity contribution in [3.05, 3.63) is 59.1 Å². The number of halogens is 1. The standard InChI is InChI=1S/C17H20ClNO2/c1-3-20-15-10-6-7-11-16(15)21-17(12(2)19)13-8-4-5-9-14(13)18/h4-12,17H,3,19H2,1-2H3. The molecule has 0 radical (unpaired) electrons. The van der Waals surface area contributed by atoms with Crippen LogP contribution in [0.4, 0.5) is 0 Å². The molecule has 2 unspecified atom stereocenters. The summed E-state index contributed by atoms with van der Waals surface area (Å²) in [7, 11) is 0. The van der Waals surface area contributed by atoms with E-state index in [0.717, 1.165) is 5.56 Å². The fraction of sp³-hybridized carbons (Fsp3) is 0.294. The van der Waals surface area contributed by atoms with Crippen LogP contribution in [0, 0.1) is 0 Å². The molecule has 0 bridgehead atoms. The van der Waals surface area contributed by atoms with Crippen molar-refractivity contribution in [2.24, 2.45) is 5.73 Å². The van der Waals surface area contributed by atoms with Crippen molar-refractivity contribution in [1.29, 1.82) is 0 Å². The van der Waals surface area contributed by atoms with Gasteiger partial charge in [0.2, 0.25) is 0 Å². The largest absolute Gasteiger partial charge is 0.490 e. The lowest BCUT2D eigenvalue weighted by molar-refractivity contribution is 0.170. The molecule has 0 amide bonds. The minimum atomic E-state index is -0.333. The minimum absolute atomic E-state index is 0.209. The summed E-state index contributed by atoms with van der Waals surface area (Å²) < 4.78 is 11.7. The molecule has 2 rings (SSSR count). The maximum atomic E-state index is 6.26. The molecule has 0 saturated carbocycles. The van der Waals surface area contributed by atoms with Crippen molar-refractivity contribution in [2.75, 3.05) is 6.61 Å². The van der Waals surface area contributed by atoms with E-state index in [4.69, 9.17) is 26.8 Å². The van der Waals surface area contributed by atoms with Crippen molar-refractivity contribution in [3.8, 4) is 11.5 Å². The number of para-hydroxylation sites is 2. The molecule has 0 aliphatic carbocycles. The first-order valence-corrected chi connectivity index (χ1v) is 7.39. The molecule has 0 spiro atoms. The van der Waals surface area contributed by atoms with Crippen molar-refractivity contribution in [2.45, 2.75) is 26.0 Å². The number of rotatable bonds is 6. The van der Waals surface area contributed by atoms with Gasteiger partial charge in [-0.1, -0.05) is 41.9 Å². The zero-order chi connectivity index (χ0) is 15.2. The topological polar surface area (TPSA) is 44.5 Å². The van der Waals surface area contributed by atoms with Crippen LogP contribution in [0.5, 0.6) is 11.5 Å². The zero-order valence-corrected chi connectivity index (χ0v) is 13.0. The van der Waals surface area contributed by atoms with Gasteiger partial charge in [0, 0.05) is 16.6 Å². The van der Waals surface area contributed by atoms with E-state index in [2.05, 4.69) is 0 Å². The molecule has 4 heteroatoms. The van der Waals surface area contributed by atoms with Gasteiger partial charge in [-0.15, -0.1) is 0 Å². The summed E-state index contributed by atoms with van der Waals surface area (Å²) in [6.45, 7) is 4.42. The fourth-order valence-electron chi connectivity index (χ4n) is 2.12. The van der Waals surface area contributed by atoms with E-state index in [0.29, 0.717) is 23.1 Å². The minimum Gasteiger partial charge on any atom is -0.490 e. The highest BCUT2D eigenvalue weighted by Crippen LogP contribution is 2.34. The fourth-order valence-corrected chi connectivity index (χ4v) is 2.36. The smallest absolute Gasteiger partial charge is 0.162 e. The Balaban J connectivity index is 2.32. The summed E-state index contributed by atoms with van der Waals surface area (Å²) in [5.41, 5.74) is 6.96. The molecule has 112 valence electrons. The monoisotopic (exact) mass is 305 g/mol. The van der Waals surface area contributed by atoms with Crippen LogP contribution in [0.25, 0.3) is 0 Å². The van der Waals surface area contributed by atoms with Gasteiger partial charge in [0.15, 0.2) is 11.5 Å². The quantitative estimate of drug-likeness (QED) is 0.869. The number of benzene rings is 2. The van der Waals surface area contributed by atoms with Gasteiger partial charge in [-0.05, 0) is 32.0 Å². The summed E-state index contributed by atoms with van der Waals surface area (Å²) in [6.07, 6.45) is -0.333. The zero-order valence-electron chi connectivity index (χ0n) is 12.3. The molecule has 0 aromatic heterocycles. The Morgan fingerprint density at radius 1 is 1.05 bits per heavy atom. The SMILES string of the molecule is CCOc1ccccc1OC(c1ccccc1Cl)C(C)N. The van der Waals surface area contributed by atoms with Crippen molar-refractivity contribution in [1.82, 2.24) is 0 Å². The average molecular weight is 306 g/mol. The Bertz CT molecular complexity index is 587. The van der Waals surface area contributed by atoms with E-state index in [-0.39, 0.29) is 12.1 Å². The molecule has 0 fully saturated rings. The van der Waals surface area contributed by atoms with Gasteiger partial charge in [-0.25, -0.2) is 0 Å². The lowest BCUT2D eigenvalue weighted by Crippen LogP contribution is -2.29. The van der Waals surface area contributed by atoms with Crippen LogP contribution in [0.3, 0.4) is 0 Å². The molecule has 0 heterocycles. The first-order valence-electron chi connectivity index (χ1n) is 7.02. The first kappa shape index (κ1) is 15.7. The van der Waals surface area contributed by atoms with Crippen LogP contribution < -0.4 is 15.2 Å². The highest BCUT2D eigenvalue weighted by atomic mass is 35.5. The Morgan fingerprint density at radius 3 is 2.29 bits per heavy atom. The molecular formula is C17H20ClNO2. The summed E-state index contributed by atoms with van der Waals surface area (Å²) in [5, 5.41) is 0.647. The van der Waals surface area contributed by atoms with E-state index in [1.807, 2.05) is 62.4 Å². The van der Waals surface area contributed by atoms with E-state index in [9.17, 15) is 0 Å². The Morgan fingerprint density at radius 2 is 1.67 bits per heavy atom.